The summed E-state index contributed by atoms with van der Waals surface area (Å²) in [4.78, 5) is 18.2. The maximum Gasteiger partial charge on any atom is 0.246 e. The van der Waals surface area contributed by atoms with Crippen molar-refractivity contribution in [2.45, 2.75) is 18.2 Å². The van der Waals surface area contributed by atoms with Crippen LogP contribution in [0.4, 0.5) is 5.69 Å². The molecular formula is C23H24N4O4S2. The van der Waals surface area contributed by atoms with Crippen LogP contribution in [0.1, 0.15) is 12.6 Å². The molecule has 2 aromatic heterocycles. The molecule has 8 nitrogen and oxygen atoms in total. The standard InChI is InChI=1S/C23H24N4O4S2/c1-4-31-20-11-10-17(12-21(20)33(29,30)26(2)3)24-22(28)13-18-15-32-23-25-19(14-27(18)23)16-8-6-5-7-9-16/h5-12,14-15H,4,13H2,1-3H3,(H,24,28). The highest BCUT2D eigenvalue weighted by atomic mass is 32.2. The number of nitrogens with one attached hydrogen (secondary N) is 1. The summed E-state index contributed by atoms with van der Waals surface area (Å²) in [5, 5.41) is 4.70. The Hall–Kier alpha value is -3.21. The number of aromatic nitrogens is 2. The first-order valence-corrected chi connectivity index (χ1v) is 12.6. The van der Waals surface area contributed by atoms with Crippen molar-refractivity contribution in [2.75, 3.05) is 26.0 Å². The van der Waals surface area contributed by atoms with Crippen LogP contribution < -0.4 is 10.1 Å². The molecule has 0 aliphatic rings. The first-order valence-electron chi connectivity index (χ1n) is 10.3. The van der Waals surface area contributed by atoms with Gasteiger partial charge in [-0.15, -0.1) is 11.3 Å². The number of carbonyl (C=O) groups is 1. The minimum Gasteiger partial charge on any atom is -0.492 e. The average molecular weight is 485 g/mol. The van der Waals surface area contributed by atoms with Gasteiger partial charge in [0.25, 0.3) is 0 Å². The van der Waals surface area contributed by atoms with Crippen molar-refractivity contribution in [1.29, 1.82) is 0 Å². The third kappa shape index (κ3) is 4.77. The van der Waals surface area contributed by atoms with Crippen molar-refractivity contribution in [2.24, 2.45) is 0 Å². The lowest BCUT2D eigenvalue weighted by molar-refractivity contribution is -0.115. The molecule has 4 aromatic rings. The summed E-state index contributed by atoms with van der Waals surface area (Å²) in [6.45, 7) is 2.11. The lowest BCUT2D eigenvalue weighted by atomic mass is 10.2. The van der Waals surface area contributed by atoms with E-state index in [2.05, 4.69) is 10.3 Å². The van der Waals surface area contributed by atoms with Crippen molar-refractivity contribution in [1.82, 2.24) is 13.7 Å². The molecule has 0 bridgehead atoms. The van der Waals surface area contributed by atoms with E-state index in [1.165, 1.54) is 31.5 Å². The summed E-state index contributed by atoms with van der Waals surface area (Å²) in [7, 11) is -0.841. The van der Waals surface area contributed by atoms with Crippen LogP contribution >= 0.6 is 11.3 Å². The van der Waals surface area contributed by atoms with Gasteiger partial charge < -0.3 is 10.1 Å². The number of carbonyl (C=O) groups excluding carboxylic acids is 1. The first-order chi connectivity index (χ1) is 15.8. The monoisotopic (exact) mass is 484 g/mol. The van der Waals surface area contributed by atoms with Gasteiger partial charge in [0, 0.05) is 42.6 Å². The average Bonchev–Trinajstić information content (AvgIpc) is 3.37. The Kier molecular flexibility index (Phi) is 6.50. The van der Waals surface area contributed by atoms with Crippen LogP contribution in [0.5, 0.6) is 5.75 Å². The van der Waals surface area contributed by atoms with Crippen LogP contribution in [0.25, 0.3) is 16.2 Å². The van der Waals surface area contributed by atoms with Crippen LogP contribution in [0.2, 0.25) is 0 Å². The Morgan fingerprint density at radius 2 is 1.94 bits per heavy atom. The highest BCUT2D eigenvalue weighted by Crippen LogP contribution is 2.29. The molecule has 1 N–H and O–H groups in total. The van der Waals surface area contributed by atoms with E-state index in [-0.39, 0.29) is 23.0 Å². The normalized spacial score (nSPS) is 11.8. The predicted octanol–water partition coefficient (Wildman–Crippen LogP) is 3.89. The van der Waals surface area contributed by atoms with Crippen molar-refractivity contribution in [3.63, 3.8) is 0 Å². The number of benzene rings is 2. The van der Waals surface area contributed by atoms with Gasteiger partial charge in [-0.1, -0.05) is 30.3 Å². The molecular weight excluding hydrogens is 460 g/mol. The van der Waals surface area contributed by atoms with E-state index in [1.54, 1.807) is 19.1 Å². The van der Waals surface area contributed by atoms with Crippen molar-refractivity contribution >= 4 is 37.9 Å². The summed E-state index contributed by atoms with van der Waals surface area (Å²) < 4.78 is 33.9. The maximum atomic E-state index is 12.8. The van der Waals surface area contributed by atoms with E-state index in [4.69, 9.17) is 4.74 Å². The van der Waals surface area contributed by atoms with Gasteiger partial charge in [-0.25, -0.2) is 17.7 Å². The molecule has 4 rings (SSSR count). The first kappa shape index (κ1) is 23.0. The van der Waals surface area contributed by atoms with Crippen molar-refractivity contribution in [3.8, 4) is 17.0 Å². The number of fused-ring (bicyclic) bond motifs is 1. The SMILES string of the molecule is CCOc1ccc(NC(=O)Cc2csc3nc(-c4ccccc4)cn23)cc1S(=O)(=O)N(C)C. The van der Waals surface area contributed by atoms with E-state index >= 15 is 0 Å². The van der Waals surface area contributed by atoms with Crippen molar-refractivity contribution < 1.29 is 17.9 Å². The number of hydrogen-bond donors (Lipinski definition) is 1. The van der Waals surface area contributed by atoms with Gasteiger partial charge >= 0.3 is 0 Å². The third-order valence-corrected chi connectivity index (χ3v) is 7.71. The van der Waals surface area contributed by atoms with Gasteiger partial charge in [0.15, 0.2) is 4.96 Å². The van der Waals surface area contributed by atoms with Gasteiger partial charge in [0.1, 0.15) is 10.6 Å². The topological polar surface area (TPSA) is 93.0 Å². The minimum absolute atomic E-state index is 0.00665. The molecule has 10 heteroatoms. The second kappa shape index (κ2) is 9.34. The summed E-state index contributed by atoms with van der Waals surface area (Å²) in [6.07, 6.45) is 2.04. The number of thiazole rings is 1. The Balaban J connectivity index is 1.56. The lowest BCUT2D eigenvalue weighted by Gasteiger charge is -2.16. The number of anilines is 1. The molecule has 0 saturated heterocycles. The van der Waals surface area contributed by atoms with E-state index in [0.717, 1.165) is 26.2 Å². The second-order valence-electron chi connectivity index (χ2n) is 7.48. The van der Waals surface area contributed by atoms with Crippen LogP contribution in [-0.4, -0.2) is 48.7 Å². The molecule has 0 aliphatic heterocycles. The quantitative estimate of drug-likeness (QED) is 0.410. The smallest absolute Gasteiger partial charge is 0.246 e. The molecule has 2 heterocycles. The summed E-state index contributed by atoms with van der Waals surface area (Å²) in [6, 6.07) is 14.5. The number of nitrogens with zero attached hydrogens (tertiary/aromatic N) is 3. The Bertz CT molecular complexity index is 1390. The van der Waals surface area contributed by atoms with Crippen LogP contribution in [0, 0.1) is 0 Å². The second-order valence-corrected chi connectivity index (χ2v) is 10.4. The van der Waals surface area contributed by atoms with E-state index in [0.29, 0.717) is 12.3 Å². The highest BCUT2D eigenvalue weighted by Gasteiger charge is 2.23. The van der Waals surface area contributed by atoms with Gasteiger partial charge in [0.2, 0.25) is 15.9 Å². The number of ether oxygens (including phenoxy) is 1. The van der Waals surface area contributed by atoms with Crippen molar-refractivity contribution in [3.05, 3.63) is 65.8 Å². The summed E-state index contributed by atoms with van der Waals surface area (Å²) in [5.41, 5.74) is 3.03. The molecule has 0 fully saturated rings. The fraction of sp³-hybridized carbons (Fsp3) is 0.217. The Morgan fingerprint density at radius 3 is 2.64 bits per heavy atom. The Labute approximate surface area is 196 Å². The van der Waals surface area contributed by atoms with Gasteiger partial charge in [-0.05, 0) is 25.1 Å². The third-order valence-electron chi connectivity index (χ3n) is 4.98. The molecule has 172 valence electrons. The molecule has 0 radical (unpaired) electrons. The fourth-order valence-corrected chi connectivity index (χ4v) is 5.26. The zero-order chi connectivity index (χ0) is 23.6. The molecule has 0 spiro atoms. The summed E-state index contributed by atoms with van der Waals surface area (Å²) >= 11 is 1.46. The molecule has 0 aliphatic carbocycles. The van der Waals surface area contributed by atoms with E-state index < -0.39 is 10.0 Å². The molecule has 2 aromatic carbocycles. The van der Waals surface area contributed by atoms with Crippen LogP contribution in [0.3, 0.4) is 0 Å². The number of amides is 1. The van der Waals surface area contributed by atoms with Crippen LogP contribution in [0.15, 0.2) is 65.0 Å². The molecule has 0 unspecified atom stereocenters. The van der Waals surface area contributed by atoms with Gasteiger partial charge in [-0.3, -0.25) is 9.20 Å². The lowest BCUT2D eigenvalue weighted by Crippen LogP contribution is -2.23. The zero-order valence-electron chi connectivity index (χ0n) is 18.5. The fourth-order valence-electron chi connectivity index (χ4n) is 3.33. The molecule has 33 heavy (non-hydrogen) atoms. The summed E-state index contributed by atoms with van der Waals surface area (Å²) in [5.74, 6) is -0.0161. The highest BCUT2D eigenvalue weighted by molar-refractivity contribution is 7.89. The maximum absolute atomic E-state index is 12.8. The number of rotatable bonds is 8. The van der Waals surface area contributed by atoms with E-state index in [9.17, 15) is 13.2 Å². The molecule has 0 atom stereocenters. The Morgan fingerprint density at radius 1 is 1.18 bits per heavy atom. The molecule has 1 amide bonds. The van der Waals surface area contributed by atoms with Crippen LogP contribution in [-0.2, 0) is 21.2 Å². The predicted molar refractivity (Wildman–Crippen MR) is 129 cm³/mol. The largest absolute Gasteiger partial charge is 0.492 e. The van der Waals surface area contributed by atoms with E-state index in [1.807, 2.05) is 46.3 Å². The number of hydrogen-bond acceptors (Lipinski definition) is 6. The zero-order valence-corrected chi connectivity index (χ0v) is 20.1. The minimum atomic E-state index is -3.74. The van der Waals surface area contributed by atoms with Gasteiger partial charge in [-0.2, -0.15) is 0 Å². The number of imidazole rings is 1. The number of sulfonamides is 1. The molecule has 0 saturated carbocycles. The van der Waals surface area contributed by atoms with Gasteiger partial charge in [0.05, 0.1) is 18.7 Å².